The summed E-state index contributed by atoms with van der Waals surface area (Å²) in [5.74, 6) is 0.351. The van der Waals surface area contributed by atoms with Crippen LogP contribution in [0, 0.1) is 6.92 Å². The van der Waals surface area contributed by atoms with Gasteiger partial charge in [-0.3, -0.25) is 0 Å². The first-order valence-electron chi connectivity index (χ1n) is 4.62. The summed E-state index contributed by atoms with van der Waals surface area (Å²) in [6, 6.07) is 8.09. The molecule has 5 heteroatoms. The molecule has 1 heterocycles. The zero-order valence-corrected chi connectivity index (χ0v) is 9.14. The number of benzene rings is 1. The second-order valence-corrected chi connectivity index (χ2v) is 3.83. The molecule has 0 fully saturated rings. The van der Waals surface area contributed by atoms with Crippen molar-refractivity contribution < 1.29 is 0 Å². The second kappa shape index (κ2) is 3.86. The Morgan fingerprint density at radius 1 is 1.33 bits per heavy atom. The van der Waals surface area contributed by atoms with Gasteiger partial charge in [0.15, 0.2) is 11.1 Å². The van der Waals surface area contributed by atoms with Gasteiger partial charge in [0.2, 0.25) is 0 Å². The number of rotatable bonds is 1. The maximum absolute atomic E-state index is 5.59. The normalized spacial score (nSPS) is 20.2. The Kier molecular flexibility index (Phi) is 2.55. The molecule has 1 aliphatic heterocycles. The lowest BCUT2D eigenvalue weighted by molar-refractivity contribution is 0.660. The molecule has 15 heavy (non-hydrogen) atoms. The van der Waals surface area contributed by atoms with Crippen LogP contribution < -0.4 is 16.4 Å². The van der Waals surface area contributed by atoms with E-state index >= 15 is 0 Å². The van der Waals surface area contributed by atoms with E-state index in [1.807, 2.05) is 31.2 Å². The van der Waals surface area contributed by atoms with Crippen molar-refractivity contribution >= 4 is 23.3 Å². The van der Waals surface area contributed by atoms with Crippen LogP contribution in [0.1, 0.15) is 17.3 Å². The molecule has 1 aliphatic rings. The Morgan fingerprint density at radius 3 is 2.60 bits per heavy atom. The van der Waals surface area contributed by atoms with Crippen molar-refractivity contribution in [3.05, 3.63) is 35.4 Å². The fraction of sp³-hybridized carbons (Fsp3) is 0.200. The minimum atomic E-state index is -0.181. The summed E-state index contributed by atoms with van der Waals surface area (Å²) in [4.78, 5) is 4.22. The Balaban J connectivity index is 2.27. The van der Waals surface area contributed by atoms with Gasteiger partial charge in [-0.1, -0.05) is 29.8 Å². The van der Waals surface area contributed by atoms with Gasteiger partial charge >= 0.3 is 0 Å². The summed E-state index contributed by atoms with van der Waals surface area (Å²) in [5, 5.41) is 6.28. The number of nitrogens with zero attached hydrogens (tertiary/aromatic N) is 1. The summed E-state index contributed by atoms with van der Waals surface area (Å²) >= 11 is 5.00. The van der Waals surface area contributed by atoms with E-state index in [0.717, 1.165) is 5.56 Å². The Hall–Kier alpha value is -1.62. The number of hydrogen-bond donors (Lipinski definition) is 3. The molecule has 1 atom stereocenters. The monoisotopic (exact) mass is 220 g/mol. The molecule has 2 rings (SSSR count). The van der Waals surface area contributed by atoms with Crippen LogP contribution in [-0.2, 0) is 0 Å². The molecular weight excluding hydrogens is 208 g/mol. The molecular formula is C10H12N4S. The van der Waals surface area contributed by atoms with Crippen molar-refractivity contribution in [2.24, 2.45) is 10.7 Å². The standard InChI is InChI=1S/C10H12N4S/c1-6-2-4-7(5-3-6)8-12-9(11)14-10(15)13-8/h2-5,8H,1H3,(H4,11,12,13,14,15)/t8-/m1/s1. The van der Waals surface area contributed by atoms with Gasteiger partial charge in [-0.25, -0.2) is 4.99 Å². The number of thiocarbonyl (C=S) groups is 1. The van der Waals surface area contributed by atoms with Crippen molar-refractivity contribution in [1.29, 1.82) is 0 Å². The van der Waals surface area contributed by atoms with Crippen LogP contribution in [0.15, 0.2) is 29.3 Å². The van der Waals surface area contributed by atoms with Crippen molar-refractivity contribution in [2.75, 3.05) is 0 Å². The van der Waals surface area contributed by atoms with Crippen molar-refractivity contribution in [3.8, 4) is 0 Å². The molecule has 0 radical (unpaired) electrons. The van der Waals surface area contributed by atoms with Gasteiger partial charge < -0.3 is 16.4 Å². The number of aliphatic imine (C=N–C) groups is 1. The number of guanidine groups is 1. The van der Waals surface area contributed by atoms with Gasteiger partial charge in [0, 0.05) is 0 Å². The van der Waals surface area contributed by atoms with E-state index in [4.69, 9.17) is 18.0 Å². The van der Waals surface area contributed by atoms with E-state index in [1.165, 1.54) is 5.56 Å². The largest absolute Gasteiger partial charge is 0.370 e. The Labute approximate surface area is 93.6 Å². The van der Waals surface area contributed by atoms with E-state index in [9.17, 15) is 0 Å². The van der Waals surface area contributed by atoms with Gasteiger partial charge in [-0.05, 0) is 24.7 Å². The van der Waals surface area contributed by atoms with Crippen LogP contribution >= 0.6 is 12.2 Å². The van der Waals surface area contributed by atoms with Gasteiger partial charge in [0.25, 0.3) is 0 Å². The van der Waals surface area contributed by atoms with Crippen LogP contribution in [0.25, 0.3) is 0 Å². The zero-order chi connectivity index (χ0) is 10.8. The van der Waals surface area contributed by atoms with Crippen LogP contribution in [-0.4, -0.2) is 11.1 Å². The minimum Gasteiger partial charge on any atom is -0.370 e. The molecule has 0 unspecified atom stereocenters. The molecule has 0 saturated heterocycles. The molecule has 4 nitrogen and oxygen atoms in total. The summed E-state index contributed by atoms with van der Waals surface area (Å²) in [6.45, 7) is 2.04. The smallest absolute Gasteiger partial charge is 0.197 e. The first-order chi connectivity index (χ1) is 7.15. The number of nitrogens with one attached hydrogen (secondary N) is 2. The highest BCUT2D eigenvalue weighted by Gasteiger charge is 2.16. The number of hydrogen-bond acceptors (Lipinski definition) is 3. The average Bonchev–Trinajstić information content (AvgIpc) is 2.17. The molecule has 0 amide bonds. The minimum absolute atomic E-state index is 0.181. The Bertz CT molecular complexity index is 410. The third-order valence-electron chi connectivity index (χ3n) is 2.17. The van der Waals surface area contributed by atoms with Gasteiger partial charge in [0.05, 0.1) is 0 Å². The van der Waals surface area contributed by atoms with Crippen molar-refractivity contribution in [2.45, 2.75) is 13.1 Å². The predicted octanol–water partition coefficient (Wildman–Crippen LogP) is 0.786. The molecule has 0 aliphatic carbocycles. The fourth-order valence-corrected chi connectivity index (χ4v) is 1.60. The average molecular weight is 220 g/mol. The Morgan fingerprint density at radius 2 is 2.00 bits per heavy atom. The number of aryl methyl sites for hydroxylation is 1. The summed E-state index contributed by atoms with van der Waals surface area (Å²) < 4.78 is 0. The van der Waals surface area contributed by atoms with E-state index in [1.54, 1.807) is 0 Å². The molecule has 0 saturated carbocycles. The van der Waals surface area contributed by atoms with Crippen LogP contribution in [0.4, 0.5) is 0 Å². The highest BCUT2D eigenvalue weighted by Crippen LogP contribution is 2.16. The lowest BCUT2D eigenvalue weighted by atomic mass is 10.1. The maximum atomic E-state index is 5.59. The molecule has 0 spiro atoms. The molecule has 0 bridgehead atoms. The lowest BCUT2D eigenvalue weighted by Gasteiger charge is -2.23. The molecule has 78 valence electrons. The SMILES string of the molecule is Cc1ccc([C@@H]2N=C(N)NC(=S)N2)cc1. The van der Waals surface area contributed by atoms with Gasteiger partial charge in [-0.2, -0.15) is 0 Å². The second-order valence-electron chi connectivity index (χ2n) is 3.43. The zero-order valence-electron chi connectivity index (χ0n) is 8.32. The summed E-state index contributed by atoms with van der Waals surface area (Å²) in [7, 11) is 0. The topological polar surface area (TPSA) is 62.4 Å². The third-order valence-corrected chi connectivity index (χ3v) is 2.39. The van der Waals surface area contributed by atoms with Crippen molar-refractivity contribution in [3.63, 3.8) is 0 Å². The van der Waals surface area contributed by atoms with Crippen LogP contribution in [0.2, 0.25) is 0 Å². The molecule has 4 N–H and O–H groups in total. The highest BCUT2D eigenvalue weighted by molar-refractivity contribution is 7.80. The summed E-state index contributed by atoms with van der Waals surface area (Å²) in [5.41, 5.74) is 7.86. The molecule has 1 aromatic rings. The molecule has 1 aromatic carbocycles. The quantitative estimate of drug-likeness (QED) is 0.612. The van der Waals surface area contributed by atoms with Gasteiger partial charge in [-0.15, -0.1) is 0 Å². The van der Waals surface area contributed by atoms with E-state index in [0.29, 0.717) is 11.1 Å². The highest BCUT2D eigenvalue weighted by atomic mass is 32.1. The first kappa shape index (κ1) is 9.92. The van der Waals surface area contributed by atoms with E-state index in [-0.39, 0.29) is 6.17 Å². The lowest BCUT2D eigenvalue weighted by Crippen LogP contribution is -2.49. The van der Waals surface area contributed by atoms with E-state index in [2.05, 4.69) is 15.6 Å². The predicted molar refractivity (Wildman–Crippen MR) is 64.4 cm³/mol. The van der Waals surface area contributed by atoms with Crippen LogP contribution in [0.5, 0.6) is 0 Å². The molecule has 0 aromatic heterocycles. The van der Waals surface area contributed by atoms with Crippen LogP contribution in [0.3, 0.4) is 0 Å². The third kappa shape index (κ3) is 2.24. The van der Waals surface area contributed by atoms with Gasteiger partial charge in [0.1, 0.15) is 6.17 Å². The first-order valence-corrected chi connectivity index (χ1v) is 5.03. The fourth-order valence-electron chi connectivity index (χ4n) is 1.39. The maximum Gasteiger partial charge on any atom is 0.197 e. The van der Waals surface area contributed by atoms with E-state index < -0.39 is 0 Å². The van der Waals surface area contributed by atoms with Crippen molar-refractivity contribution in [1.82, 2.24) is 10.6 Å². The summed E-state index contributed by atoms with van der Waals surface area (Å²) in [6.07, 6.45) is -0.181. The number of nitrogens with two attached hydrogens (primary N) is 1.